The first kappa shape index (κ1) is 60.0. The molecule has 0 N–H and O–H groups in total. The molecule has 2 nitrogen and oxygen atoms in total. The van der Waals surface area contributed by atoms with Crippen LogP contribution in [0.5, 0.6) is 0 Å². The van der Waals surface area contributed by atoms with E-state index in [0.29, 0.717) is 11.3 Å². The molecule has 416 valence electrons. The number of pyridine rings is 1. The molecule has 0 aliphatic heterocycles. The summed E-state index contributed by atoms with van der Waals surface area (Å²) >= 11 is 0. The largest absolute Gasteiger partial charge is 0.416 e. The molecule has 0 bridgehead atoms. The smallest absolute Gasteiger partial charge is 0.287 e. The minimum absolute atomic E-state index is 0.0226. The fraction of sp³-hybridized carbons (Fsp3) is 0.200. The van der Waals surface area contributed by atoms with Gasteiger partial charge in [-0.1, -0.05) is 97.1 Å². The normalized spacial score (nSPS) is 13.3. The third-order valence-corrected chi connectivity index (χ3v) is 12.0. The van der Waals surface area contributed by atoms with Gasteiger partial charge in [0.15, 0.2) is 12.9 Å². The Balaban J connectivity index is 0.000000387. The van der Waals surface area contributed by atoms with Gasteiger partial charge < -0.3 is 0 Å². The number of aromatic nitrogens is 1. The van der Waals surface area contributed by atoms with Gasteiger partial charge in [-0.15, -0.1) is 0 Å². The Bertz CT molecular complexity index is 2890. The standard InChI is InChI=1S/C32H12BF24.C18H15FNO/c34-25(35,36)13-1-14(26(37,38)39)6-21(5-13)33(22-7-15(27(40,41)42)2-16(8-22)28(43,44)45,23-9-17(29(46,47)48)3-18(10-23)30(49,50)51)24-11-19(31(52,53)54)4-20(12-24)32(55,56)57;19-12-17-16-9-5-4-6-14(16)10-11-20(17)13-18(21)15-7-2-1-3-8-15/h1-12H;1-11H,12-13H2/q-1;+1. The lowest BCUT2D eigenvalue weighted by molar-refractivity contribution is -0.690. The van der Waals surface area contributed by atoms with E-state index in [-0.39, 0.29) is 12.3 Å². The summed E-state index contributed by atoms with van der Waals surface area (Å²) in [4.78, 5) is 12.3. The molecule has 6 aromatic carbocycles. The van der Waals surface area contributed by atoms with Crippen molar-refractivity contribution in [3.8, 4) is 0 Å². The highest BCUT2D eigenvalue weighted by atomic mass is 19.4. The van der Waals surface area contributed by atoms with Crippen molar-refractivity contribution in [2.75, 3.05) is 0 Å². The maximum absolute atomic E-state index is 14.2. The first-order valence-corrected chi connectivity index (χ1v) is 21.5. The number of Topliss-reactive ketones (excluding diaryl/α,β-unsaturated/α-hetero) is 1. The van der Waals surface area contributed by atoms with E-state index < -0.39 is 201 Å². The molecule has 0 aliphatic rings. The highest BCUT2D eigenvalue weighted by molar-refractivity contribution is 7.20. The van der Waals surface area contributed by atoms with E-state index in [1.165, 1.54) is 0 Å². The monoisotopic (exact) mass is 1140 g/mol. The molecular weight excluding hydrogens is 1120 g/mol. The summed E-state index contributed by atoms with van der Waals surface area (Å²) in [6.45, 7) is -0.447. The summed E-state index contributed by atoms with van der Waals surface area (Å²) in [6, 6.07) is 9.80. The number of halogens is 25. The van der Waals surface area contributed by atoms with Gasteiger partial charge in [0.05, 0.1) is 49.9 Å². The van der Waals surface area contributed by atoms with Gasteiger partial charge in [0.1, 0.15) is 6.15 Å². The first-order chi connectivity index (χ1) is 35.6. The Labute approximate surface area is 421 Å². The molecule has 0 aliphatic carbocycles. The molecule has 0 fully saturated rings. The van der Waals surface area contributed by atoms with Gasteiger partial charge in [-0.25, -0.2) is 4.39 Å². The number of hydrogen-bond acceptors (Lipinski definition) is 1. The fourth-order valence-corrected chi connectivity index (χ4v) is 8.56. The maximum atomic E-state index is 14.2. The molecule has 0 saturated carbocycles. The third kappa shape index (κ3) is 13.2. The molecule has 1 aromatic heterocycles. The highest BCUT2D eigenvalue weighted by Gasteiger charge is 2.47. The molecule has 0 spiro atoms. The van der Waals surface area contributed by atoms with Gasteiger partial charge in [-0.05, 0) is 35.7 Å². The second kappa shape index (κ2) is 20.8. The van der Waals surface area contributed by atoms with E-state index in [4.69, 9.17) is 0 Å². The average molecular weight is 1140 g/mol. The number of rotatable bonds is 8. The third-order valence-electron chi connectivity index (χ3n) is 12.0. The SMILES string of the molecule is FC(F)(F)c1cc([B-](c2cc(C(F)(F)F)cc(C(F)(F)F)c2)(c2cc(C(F)(F)F)cc(C(F)(F)F)c2)c2cc(C(F)(F)F)cc(C(F)(F)F)c2)cc(C(F)(F)F)c1.O=C(C[n+]1ccc2ccccc2c1CF)c1ccccc1. The van der Waals surface area contributed by atoms with Gasteiger partial charge in [0, 0.05) is 11.6 Å². The minimum atomic E-state index is -6.13. The Morgan fingerprint density at radius 3 is 0.897 bits per heavy atom. The predicted molar refractivity (Wildman–Crippen MR) is 230 cm³/mol. The number of benzene rings is 6. The van der Waals surface area contributed by atoms with Crippen LogP contribution >= 0.6 is 0 Å². The average Bonchev–Trinajstić information content (AvgIpc) is 3.32. The molecule has 28 heteroatoms. The molecule has 78 heavy (non-hydrogen) atoms. The summed E-state index contributed by atoms with van der Waals surface area (Å²) in [7, 11) is 0. The van der Waals surface area contributed by atoms with Crippen LogP contribution in [-0.4, -0.2) is 11.9 Å². The number of ketones is 1. The van der Waals surface area contributed by atoms with E-state index in [0.717, 1.165) is 10.8 Å². The summed E-state index contributed by atoms with van der Waals surface area (Å²) in [5.74, 6) is -0.0226. The molecule has 1 heterocycles. The second-order valence-electron chi connectivity index (χ2n) is 17.1. The Kier molecular flexibility index (Phi) is 16.0. The van der Waals surface area contributed by atoms with Crippen LogP contribution < -0.4 is 26.4 Å². The number of carbonyl (C=O) groups excluding carboxylic acids is 1. The first-order valence-electron chi connectivity index (χ1n) is 21.5. The molecular formula is C50H27BF25NO. The zero-order chi connectivity index (χ0) is 58.6. The number of fused-ring (bicyclic) bond motifs is 1. The van der Waals surface area contributed by atoms with Crippen molar-refractivity contribution < 1.29 is 119 Å². The highest BCUT2D eigenvalue weighted by Crippen LogP contribution is 2.41. The van der Waals surface area contributed by atoms with Crippen LogP contribution in [-0.2, 0) is 62.6 Å². The topological polar surface area (TPSA) is 20.9 Å². The summed E-state index contributed by atoms with van der Waals surface area (Å²) in [6.07, 6.45) is -53.0. The number of hydrogen-bond donors (Lipinski definition) is 0. The van der Waals surface area contributed by atoms with E-state index in [1.54, 1.807) is 22.9 Å². The van der Waals surface area contributed by atoms with Crippen LogP contribution in [0.25, 0.3) is 10.8 Å². The number of nitrogens with zero attached hydrogens (tertiary/aromatic N) is 1. The minimum Gasteiger partial charge on any atom is -0.287 e. The van der Waals surface area contributed by atoms with E-state index in [9.17, 15) is 115 Å². The molecule has 7 rings (SSSR count). The molecule has 0 radical (unpaired) electrons. The van der Waals surface area contributed by atoms with Crippen molar-refractivity contribution in [2.45, 2.75) is 62.6 Å². The van der Waals surface area contributed by atoms with E-state index in [1.807, 2.05) is 48.5 Å². The van der Waals surface area contributed by atoms with Crippen LogP contribution in [0.15, 0.2) is 140 Å². The number of alkyl halides is 25. The van der Waals surface area contributed by atoms with Crippen molar-refractivity contribution in [1.29, 1.82) is 0 Å². The van der Waals surface area contributed by atoms with Crippen molar-refractivity contribution in [2.24, 2.45) is 0 Å². The summed E-state index contributed by atoms with van der Waals surface area (Å²) in [5, 5.41) is 1.83. The van der Waals surface area contributed by atoms with E-state index in [2.05, 4.69) is 0 Å². The molecule has 0 saturated heterocycles. The molecule has 0 amide bonds. The Morgan fingerprint density at radius 2 is 0.628 bits per heavy atom. The number of carbonyl (C=O) groups is 1. The van der Waals surface area contributed by atoms with Crippen LogP contribution in [0, 0.1) is 0 Å². The van der Waals surface area contributed by atoms with Crippen molar-refractivity contribution in [3.05, 3.63) is 195 Å². The molecule has 0 atom stereocenters. The van der Waals surface area contributed by atoms with Gasteiger partial charge in [0.2, 0.25) is 18.0 Å². The zero-order valence-electron chi connectivity index (χ0n) is 38.1. The van der Waals surface area contributed by atoms with Crippen molar-refractivity contribution in [1.82, 2.24) is 0 Å². The van der Waals surface area contributed by atoms with Gasteiger partial charge in [0.25, 0.3) is 0 Å². The van der Waals surface area contributed by atoms with Gasteiger partial charge >= 0.3 is 49.4 Å². The van der Waals surface area contributed by atoms with Crippen molar-refractivity contribution >= 4 is 44.6 Å². The predicted octanol–water partition coefficient (Wildman–Crippen LogP) is 14.7. The molecule has 0 unspecified atom stereocenters. The summed E-state index contributed by atoms with van der Waals surface area (Å²) < 4.78 is 356. The lowest BCUT2D eigenvalue weighted by Gasteiger charge is -2.46. The van der Waals surface area contributed by atoms with Crippen LogP contribution in [0.1, 0.15) is 60.6 Å². The Morgan fingerprint density at radius 1 is 0.359 bits per heavy atom. The fourth-order valence-electron chi connectivity index (χ4n) is 8.56. The maximum Gasteiger partial charge on any atom is 0.416 e. The lowest BCUT2D eigenvalue weighted by Crippen LogP contribution is -2.75. The summed E-state index contributed by atoms with van der Waals surface area (Å²) in [5.41, 5.74) is -29.0. The van der Waals surface area contributed by atoms with Crippen LogP contribution in [0.4, 0.5) is 110 Å². The second-order valence-corrected chi connectivity index (χ2v) is 17.1. The Hall–Kier alpha value is -7.29. The quantitative estimate of drug-likeness (QED) is 0.0643. The molecule has 7 aromatic rings. The van der Waals surface area contributed by atoms with Crippen LogP contribution in [0.2, 0.25) is 0 Å². The zero-order valence-corrected chi connectivity index (χ0v) is 38.1. The van der Waals surface area contributed by atoms with Gasteiger partial charge in [-0.2, -0.15) is 132 Å². The van der Waals surface area contributed by atoms with Crippen LogP contribution in [0.3, 0.4) is 0 Å². The lowest BCUT2D eigenvalue weighted by atomic mass is 9.12. The van der Waals surface area contributed by atoms with Gasteiger partial charge in [-0.3, -0.25) is 4.79 Å². The van der Waals surface area contributed by atoms with Crippen molar-refractivity contribution in [3.63, 3.8) is 0 Å². The van der Waals surface area contributed by atoms with E-state index >= 15 is 0 Å².